The van der Waals surface area contributed by atoms with Crippen LogP contribution in [0.4, 0.5) is 0 Å². The molecular weight excluding hydrogens is 280 g/mol. The molecule has 0 amide bonds. The highest BCUT2D eigenvalue weighted by Gasteiger charge is 2.40. The van der Waals surface area contributed by atoms with Crippen LogP contribution in [-0.4, -0.2) is 46.2 Å². The first-order valence-electron chi connectivity index (χ1n) is 7.85. The molecule has 2 N–H and O–H groups in total. The summed E-state index contributed by atoms with van der Waals surface area (Å²) in [5.41, 5.74) is 1.29. The molecule has 0 spiro atoms. The first-order valence-corrected chi connectivity index (χ1v) is 7.85. The lowest BCUT2D eigenvalue weighted by molar-refractivity contribution is -0.000260. The van der Waals surface area contributed by atoms with Gasteiger partial charge in [-0.3, -0.25) is 0 Å². The highest BCUT2D eigenvalue weighted by Crippen LogP contribution is 2.36. The van der Waals surface area contributed by atoms with E-state index in [0.29, 0.717) is 17.6 Å². The van der Waals surface area contributed by atoms with Crippen molar-refractivity contribution in [2.24, 2.45) is 0 Å². The molecule has 2 atom stereocenters. The summed E-state index contributed by atoms with van der Waals surface area (Å²) in [4.78, 5) is 17.9. The fraction of sp³-hybridized carbons (Fsp3) is 0.471. The van der Waals surface area contributed by atoms with Crippen molar-refractivity contribution in [2.75, 3.05) is 7.05 Å². The van der Waals surface area contributed by atoms with E-state index in [0.717, 1.165) is 23.7 Å². The van der Waals surface area contributed by atoms with E-state index >= 15 is 0 Å². The third kappa shape index (κ3) is 2.16. The molecular formula is C17H20N2O3. The lowest BCUT2D eigenvalue weighted by Crippen LogP contribution is -2.43. The molecule has 1 aromatic heterocycles. The number of rotatable bonds is 2. The maximum atomic E-state index is 12.5. The Balaban J connectivity index is 1.52. The molecule has 1 aromatic carbocycles. The van der Waals surface area contributed by atoms with Crippen molar-refractivity contribution in [2.45, 2.75) is 43.9 Å². The smallest absolute Gasteiger partial charge is 0.340 e. The topological polar surface area (TPSA) is 65.6 Å². The van der Waals surface area contributed by atoms with Crippen LogP contribution < -0.4 is 0 Å². The first-order chi connectivity index (χ1) is 10.6. The van der Waals surface area contributed by atoms with Gasteiger partial charge in [-0.1, -0.05) is 0 Å². The monoisotopic (exact) mass is 300 g/mol. The number of aromatic amines is 1. The number of phenols is 1. The van der Waals surface area contributed by atoms with Gasteiger partial charge in [0.05, 0.1) is 5.56 Å². The van der Waals surface area contributed by atoms with Crippen LogP contribution in [0.1, 0.15) is 36.0 Å². The minimum absolute atomic E-state index is 0.0169. The zero-order chi connectivity index (χ0) is 15.3. The van der Waals surface area contributed by atoms with Gasteiger partial charge in [-0.25, -0.2) is 4.79 Å². The Kier molecular flexibility index (Phi) is 3.11. The van der Waals surface area contributed by atoms with E-state index in [1.165, 1.54) is 12.8 Å². The number of nitrogens with one attached hydrogen (secondary N) is 1. The second-order valence-corrected chi connectivity index (χ2v) is 6.48. The molecule has 4 rings (SSSR count). The van der Waals surface area contributed by atoms with Crippen molar-refractivity contribution in [1.29, 1.82) is 0 Å². The summed E-state index contributed by atoms with van der Waals surface area (Å²) in [5.74, 6) is -0.0907. The molecule has 0 saturated carbocycles. The minimum Gasteiger partial charge on any atom is -0.508 e. The molecule has 2 saturated heterocycles. The highest BCUT2D eigenvalue weighted by atomic mass is 16.5. The number of H-pyrrole nitrogens is 1. The van der Waals surface area contributed by atoms with Gasteiger partial charge in [0.1, 0.15) is 11.9 Å². The largest absolute Gasteiger partial charge is 0.508 e. The number of ether oxygens (including phenoxy) is 1. The fourth-order valence-electron chi connectivity index (χ4n) is 3.96. The number of aromatic nitrogens is 1. The van der Waals surface area contributed by atoms with Crippen LogP contribution in [0.15, 0.2) is 24.4 Å². The number of phenolic OH excluding ortho intramolecular Hbond substituents is 1. The molecule has 5 nitrogen and oxygen atoms in total. The van der Waals surface area contributed by atoms with Crippen LogP contribution in [0.25, 0.3) is 10.9 Å². The number of piperidine rings is 1. The third-order valence-electron chi connectivity index (χ3n) is 5.21. The van der Waals surface area contributed by atoms with Crippen LogP contribution in [-0.2, 0) is 4.74 Å². The molecule has 2 aliphatic rings. The van der Waals surface area contributed by atoms with Gasteiger partial charge < -0.3 is 19.7 Å². The molecule has 2 aliphatic heterocycles. The highest BCUT2D eigenvalue weighted by molar-refractivity contribution is 6.04. The van der Waals surface area contributed by atoms with E-state index in [4.69, 9.17) is 4.74 Å². The fourth-order valence-corrected chi connectivity index (χ4v) is 3.96. The van der Waals surface area contributed by atoms with Crippen molar-refractivity contribution < 1.29 is 14.6 Å². The summed E-state index contributed by atoms with van der Waals surface area (Å²) in [6.45, 7) is 0. The zero-order valence-corrected chi connectivity index (χ0v) is 12.6. The third-order valence-corrected chi connectivity index (χ3v) is 5.21. The Morgan fingerprint density at radius 1 is 1.32 bits per heavy atom. The van der Waals surface area contributed by atoms with Gasteiger partial charge in [-0.05, 0) is 32.0 Å². The standard InChI is InChI=1S/C17H20N2O3/c1-19-10-2-3-11(19)7-13(6-10)22-17(21)15-9-18-16-8-12(20)4-5-14(15)16/h4-5,8-11,13,18,20H,2-3,6-7H2,1H3. The predicted molar refractivity (Wildman–Crippen MR) is 83.0 cm³/mol. The molecule has 3 heterocycles. The number of esters is 1. The second-order valence-electron chi connectivity index (χ2n) is 6.48. The van der Waals surface area contributed by atoms with Crippen LogP contribution in [0, 0.1) is 0 Å². The second kappa shape index (κ2) is 5.02. The first kappa shape index (κ1) is 13.6. The Labute approximate surface area is 128 Å². The van der Waals surface area contributed by atoms with Gasteiger partial charge >= 0.3 is 5.97 Å². The van der Waals surface area contributed by atoms with Crippen molar-refractivity contribution in [1.82, 2.24) is 9.88 Å². The van der Waals surface area contributed by atoms with Crippen molar-refractivity contribution in [3.8, 4) is 5.75 Å². The molecule has 2 bridgehead atoms. The molecule has 22 heavy (non-hydrogen) atoms. The Hall–Kier alpha value is -2.01. The predicted octanol–water partition coefficient (Wildman–Crippen LogP) is 2.66. The average molecular weight is 300 g/mol. The van der Waals surface area contributed by atoms with Gasteiger partial charge in [0.25, 0.3) is 0 Å². The number of carbonyl (C=O) groups excluding carboxylic acids is 1. The summed E-state index contributed by atoms with van der Waals surface area (Å²) in [7, 11) is 2.17. The summed E-state index contributed by atoms with van der Waals surface area (Å²) in [5, 5.41) is 10.3. The maximum Gasteiger partial charge on any atom is 0.340 e. The Bertz CT molecular complexity index is 710. The van der Waals surface area contributed by atoms with Crippen LogP contribution in [0.3, 0.4) is 0 Å². The maximum absolute atomic E-state index is 12.5. The molecule has 2 aromatic rings. The number of fused-ring (bicyclic) bond motifs is 3. The van der Waals surface area contributed by atoms with Gasteiger partial charge in [0.2, 0.25) is 0 Å². The molecule has 2 unspecified atom stereocenters. The molecule has 116 valence electrons. The van der Waals surface area contributed by atoms with Gasteiger partial charge in [0, 0.05) is 48.1 Å². The van der Waals surface area contributed by atoms with Gasteiger partial charge in [0.15, 0.2) is 0 Å². The normalized spacial score (nSPS) is 28.1. The number of hydrogen-bond acceptors (Lipinski definition) is 4. The van der Waals surface area contributed by atoms with Crippen LogP contribution in [0.2, 0.25) is 0 Å². The van der Waals surface area contributed by atoms with E-state index in [2.05, 4.69) is 16.9 Å². The molecule has 2 fully saturated rings. The van der Waals surface area contributed by atoms with Crippen molar-refractivity contribution in [3.63, 3.8) is 0 Å². The summed E-state index contributed by atoms with van der Waals surface area (Å²) in [6.07, 6.45) is 5.96. The summed E-state index contributed by atoms with van der Waals surface area (Å²) in [6, 6.07) is 6.05. The lowest BCUT2D eigenvalue weighted by Gasteiger charge is -2.35. The van der Waals surface area contributed by atoms with E-state index in [1.807, 2.05) is 0 Å². The van der Waals surface area contributed by atoms with E-state index in [1.54, 1.807) is 24.4 Å². The number of aromatic hydroxyl groups is 1. The van der Waals surface area contributed by atoms with E-state index in [9.17, 15) is 9.90 Å². The lowest BCUT2D eigenvalue weighted by atomic mass is 10.0. The molecule has 0 radical (unpaired) electrons. The average Bonchev–Trinajstić information content (AvgIpc) is 2.97. The van der Waals surface area contributed by atoms with E-state index < -0.39 is 0 Å². The Morgan fingerprint density at radius 3 is 2.77 bits per heavy atom. The molecule has 0 aliphatic carbocycles. The SMILES string of the molecule is CN1C2CCC1CC(OC(=O)c1c[nH]c3cc(O)ccc13)C2. The Morgan fingerprint density at radius 2 is 2.05 bits per heavy atom. The number of benzene rings is 1. The zero-order valence-electron chi connectivity index (χ0n) is 12.6. The molecule has 5 heteroatoms. The number of hydrogen-bond donors (Lipinski definition) is 2. The van der Waals surface area contributed by atoms with Crippen molar-refractivity contribution >= 4 is 16.9 Å². The number of nitrogens with zero attached hydrogens (tertiary/aromatic N) is 1. The van der Waals surface area contributed by atoms with E-state index in [-0.39, 0.29) is 17.8 Å². The van der Waals surface area contributed by atoms with Gasteiger partial charge in [-0.15, -0.1) is 0 Å². The van der Waals surface area contributed by atoms with Crippen LogP contribution >= 0.6 is 0 Å². The number of carbonyl (C=O) groups is 1. The quantitative estimate of drug-likeness (QED) is 0.837. The summed E-state index contributed by atoms with van der Waals surface area (Å²) >= 11 is 0. The van der Waals surface area contributed by atoms with Crippen LogP contribution in [0.5, 0.6) is 5.75 Å². The van der Waals surface area contributed by atoms with Gasteiger partial charge in [-0.2, -0.15) is 0 Å². The van der Waals surface area contributed by atoms with Crippen molar-refractivity contribution in [3.05, 3.63) is 30.0 Å². The minimum atomic E-state index is -0.272. The summed E-state index contributed by atoms with van der Waals surface area (Å²) < 4.78 is 5.76.